The summed E-state index contributed by atoms with van der Waals surface area (Å²) in [5.74, 6) is 0. The average molecular weight is 179 g/mol. The van der Waals surface area contributed by atoms with Gasteiger partial charge >= 0.3 is 0 Å². The lowest BCUT2D eigenvalue weighted by Crippen LogP contribution is -2.31. The molecule has 2 N–H and O–H groups in total. The molecule has 0 aliphatic carbocycles. The normalized spacial score (nSPS) is 21.5. The van der Waals surface area contributed by atoms with Gasteiger partial charge in [-0.25, -0.2) is 4.98 Å². The molecule has 2 heterocycles. The highest BCUT2D eigenvalue weighted by Gasteiger charge is 2.18. The van der Waals surface area contributed by atoms with Gasteiger partial charge in [0.2, 0.25) is 0 Å². The van der Waals surface area contributed by atoms with Crippen molar-refractivity contribution in [2.75, 3.05) is 0 Å². The van der Waals surface area contributed by atoms with Crippen LogP contribution in [0.15, 0.2) is 6.33 Å². The Hall–Kier alpha value is -0.830. The Kier molecular flexibility index (Phi) is 2.36. The highest BCUT2D eigenvalue weighted by Crippen LogP contribution is 2.18. The van der Waals surface area contributed by atoms with Gasteiger partial charge in [0.15, 0.2) is 0 Å². The Morgan fingerprint density at radius 2 is 2.54 bits per heavy atom. The van der Waals surface area contributed by atoms with Crippen LogP contribution in [0.5, 0.6) is 0 Å². The molecule has 0 spiro atoms. The van der Waals surface area contributed by atoms with Crippen LogP contribution in [0, 0.1) is 0 Å². The zero-order valence-electron chi connectivity index (χ0n) is 8.16. The molecule has 1 aromatic heterocycles. The van der Waals surface area contributed by atoms with Gasteiger partial charge in [-0.1, -0.05) is 13.3 Å². The lowest BCUT2D eigenvalue weighted by Gasteiger charge is -2.21. The van der Waals surface area contributed by atoms with Crippen LogP contribution in [0.1, 0.15) is 31.2 Å². The van der Waals surface area contributed by atoms with E-state index in [9.17, 15) is 0 Å². The smallest absolute Gasteiger partial charge is 0.0952 e. The molecule has 0 aromatic carbocycles. The van der Waals surface area contributed by atoms with Crippen LogP contribution < -0.4 is 5.73 Å². The first-order valence-electron chi connectivity index (χ1n) is 5.09. The highest BCUT2D eigenvalue weighted by molar-refractivity contribution is 5.16. The molecule has 0 fully saturated rings. The zero-order valence-corrected chi connectivity index (χ0v) is 8.16. The number of nitrogens with two attached hydrogens (primary N) is 1. The van der Waals surface area contributed by atoms with Crippen LogP contribution in [-0.2, 0) is 19.4 Å². The van der Waals surface area contributed by atoms with Gasteiger partial charge in [0.1, 0.15) is 0 Å². The van der Waals surface area contributed by atoms with E-state index in [-0.39, 0.29) is 0 Å². The number of fused-ring (bicyclic) bond motifs is 1. The molecule has 0 amide bonds. The number of hydrogen-bond donors (Lipinski definition) is 1. The Morgan fingerprint density at radius 1 is 1.69 bits per heavy atom. The van der Waals surface area contributed by atoms with Gasteiger partial charge in [-0.2, -0.15) is 0 Å². The molecule has 0 saturated heterocycles. The van der Waals surface area contributed by atoms with Crippen molar-refractivity contribution in [2.45, 2.75) is 45.2 Å². The van der Waals surface area contributed by atoms with Crippen LogP contribution in [0.25, 0.3) is 0 Å². The minimum absolute atomic E-state index is 0.330. The molecule has 1 unspecified atom stereocenters. The molecule has 0 bridgehead atoms. The molecule has 0 saturated carbocycles. The second-order valence-electron chi connectivity index (χ2n) is 3.84. The monoisotopic (exact) mass is 179 g/mol. The Labute approximate surface area is 79.0 Å². The highest BCUT2D eigenvalue weighted by atomic mass is 15.1. The van der Waals surface area contributed by atoms with Crippen LogP contribution >= 0.6 is 0 Å². The van der Waals surface area contributed by atoms with E-state index in [1.54, 1.807) is 0 Å². The van der Waals surface area contributed by atoms with E-state index in [4.69, 9.17) is 5.73 Å². The SMILES string of the molecule is CCCc1ncn2c1CCC(N)C2. The van der Waals surface area contributed by atoms with E-state index in [0.29, 0.717) is 6.04 Å². The average Bonchev–Trinajstić information content (AvgIpc) is 2.49. The number of imidazole rings is 1. The first-order valence-corrected chi connectivity index (χ1v) is 5.09. The van der Waals surface area contributed by atoms with Crippen molar-refractivity contribution in [1.82, 2.24) is 9.55 Å². The predicted molar refractivity (Wildman–Crippen MR) is 52.5 cm³/mol. The van der Waals surface area contributed by atoms with Crippen molar-refractivity contribution in [1.29, 1.82) is 0 Å². The maximum atomic E-state index is 5.88. The Morgan fingerprint density at radius 3 is 3.31 bits per heavy atom. The molecule has 72 valence electrons. The zero-order chi connectivity index (χ0) is 9.26. The third-order valence-electron chi connectivity index (χ3n) is 2.70. The molecule has 1 atom stereocenters. The third kappa shape index (κ3) is 1.61. The number of aryl methyl sites for hydroxylation is 1. The summed E-state index contributed by atoms with van der Waals surface area (Å²) >= 11 is 0. The fourth-order valence-corrected chi connectivity index (χ4v) is 2.01. The fraction of sp³-hybridized carbons (Fsp3) is 0.700. The van der Waals surface area contributed by atoms with Gasteiger partial charge in [0.25, 0.3) is 0 Å². The van der Waals surface area contributed by atoms with Crippen LogP contribution in [0.3, 0.4) is 0 Å². The van der Waals surface area contributed by atoms with Gasteiger partial charge in [-0.05, 0) is 19.3 Å². The molecule has 1 aliphatic rings. The van der Waals surface area contributed by atoms with E-state index >= 15 is 0 Å². The molecule has 1 aromatic rings. The summed E-state index contributed by atoms with van der Waals surface area (Å²) in [7, 11) is 0. The molecule has 13 heavy (non-hydrogen) atoms. The number of rotatable bonds is 2. The number of hydrogen-bond acceptors (Lipinski definition) is 2. The van der Waals surface area contributed by atoms with Gasteiger partial charge in [-0.15, -0.1) is 0 Å². The summed E-state index contributed by atoms with van der Waals surface area (Å²) in [4.78, 5) is 4.43. The second-order valence-corrected chi connectivity index (χ2v) is 3.84. The van der Waals surface area contributed by atoms with Crippen LogP contribution in [-0.4, -0.2) is 15.6 Å². The van der Waals surface area contributed by atoms with Crippen molar-refractivity contribution in [2.24, 2.45) is 5.73 Å². The van der Waals surface area contributed by atoms with Crippen LogP contribution in [0.2, 0.25) is 0 Å². The molecule has 3 heteroatoms. The fourth-order valence-electron chi connectivity index (χ4n) is 2.01. The molecular weight excluding hydrogens is 162 g/mol. The lowest BCUT2D eigenvalue weighted by molar-refractivity contribution is 0.458. The first-order chi connectivity index (χ1) is 6.31. The topological polar surface area (TPSA) is 43.8 Å². The summed E-state index contributed by atoms with van der Waals surface area (Å²) in [6, 6.07) is 0.330. The standard InChI is InChI=1S/C10H17N3/c1-2-3-9-10-5-4-8(11)6-13(10)7-12-9/h7-8H,2-6,11H2,1H3. The van der Waals surface area contributed by atoms with Crippen molar-refractivity contribution in [3.8, 4) is 0 Å². The number of nitrogens with zero attached hydrogens (tertiary/aromatic N) is 2. The van der Waals surface area contributed by atoms with Crippen molar-refractivity contribution in [3.05, 3.63) is 17.7 Å². The van der Waals surface area contributed by atoms with Gasteiger partial charge in [0, 0.05) is 18.3 Å². The molecule has 1 aliphatic heterocycles. The quantitative estimate of drug-likeness (QED) is 0.739. The summed E-state index contributed by atoms with van der Waals surface area (Å²) in [6.45, 7) is 3.15. The summed E-state index contributed by atoms with van der Waals surface area (Å²) in [6.07, 6.45) is 6.45. The Balaban J connectivity index is 2.23. The maximum Gasteiger partial charge on any atom is 0.0952 e. The maximum absolute atomic E-state index is 5.88. The minimum atomic E-state index is 0.330. The van der Waals surface area contributed by atoms with E-state index in [1.165, 1.54) is 17.8 Å². The van der Waals surface area contributed by atoms with E-state index in [1.807, 2.05) is 6.33 Å². The minimum Gasteiger partial charge on any atom is -0.333 e. The van der Waals surface area contributed by atoms with E-state index in [2.05, 4.69) is 16.5 Å². The van der Waals surface area contributed by atoms with Gasteiger partial charge in [0.05, 0.1) is 12.0 Å². The van der Waals surface area contributed by atoms with E-state index in [0.717, 1.165) is 25.8 Å². The molecular formula is C10H17N3. The predicted octanol–water partition coefficient (Wildman–Crippen LogP) is 1.11. The van der Waals surface area contributed by atoms with Gasteiger partial charge in [-0.3, -0.25) is 0 Å². The lowest BCUT2D eigenvalue weighted by atomic mass is 10.0. The van der Waals surface area contributed by atoms with Crippen molar-refractivity contribution >= 4 is 0 Å². The molecule has 0 radical (unpaired) electrons. The first kappa shape index (κ1) is 8.75. The molecule has 2 rings (SSSR count). The van der Waals surface area contributed by atoms with E-state index < -0.39 is 0 Å². The Bertz CT molecular complexity index is 277. The summed E-state index contributed by atoms with van der Waals surface area (Å²) in [5, 5.41) is 0. The van der Waals surface area contributed by atoms with Crippen molar-refractivity contribution < 1.29 is 0 Å². The second kappa shape index (κ2) is 3.50. The van der Waals surface area contributed by atoms with Crippen LogP contribution in [0.4, 0.5) is 0 Å². The van der Waals surface area contributed by atoms with Gasteiger partial charge < -0.3 is 10.3 Å². The summed E-state index contributed by atoms with van der Waals surface area (Å²) in [5.41, 5.74) is 8.59. The third-order valence-corrected chi connectivity index (χ3v) is 2.70. The number of aromatic nitrogens is 2. The van der Waals surface area contributed by atoms with Crippen molar-refractivity contribution in [3.63, 3.8) is 0 Å². The molecule has 3 nitrogen and oxygen atoms in total. The largest absolute Gasteiger partial charge is 0.333 e. The summed E-state index contributed by atoms with van der Waals surface area (Å²) < 4.78 is 2.22.